The standard InChI is InChI=1S/C50H91NO7/c1-6-8-10-12-14-16-18-20-21-22-23-24-25-26-27-29-31-33-35-37-39-41-49(53)58-46(44-56-43-42-47(50(54)55)51(3,4)5)45-57-48(52)40-38-36-34-32-30-28-19-17-15-13-11-9-7-2/h8,10,14,16,28,30,46-47H,6-7,9,11-13,15,17-27,29,31-45H2,1-5H3/p+1/b10-8+,16-14+,30-28+. The van der Waals surface area contributed by atoms with Gasteiger partial charge in [-0.05, 0) is 64.2 Å². The highest BCUT2D eigenvalue weighted by molar-refractivity contribution is 5.72. The van der Waals surface area contributed by atoms with Gasteiger partial charge in [-0.25, -0.2) is 4.79 Å². The zero-order valence-corrected chi connectivity index (χ0v) is 38.5. The molecule has 0 amide bonds. The number of quaternary nitrogens is 1. The van der Waals surface area contributed by atoms with E-state index in [1.165, 1.54) is 116 Å². The van der Waals surface area contributed by atoms with Gasteiger partial charge in [-0.2, -0.15) is 0 Å². The van der Waals surface area contributed by atoms with Crippen LogP contribution in [0.2, 0.25) is 0 Å². The van der Waals surface area contributed by atoms with Gasteiger partial charge >= 0.3 is 17.9 Å². The Morgan fingerprint density at radius 1 is 0.534 bits per heavy atom. The highest BCUT2D eigenvalue weighted by atomic mass is 16.6. The van der Waals surface area contributed by atoms with Gasteiger partial charge < -0.3 is 23.8 Å². The quantitative estimate of drug-likeness (QED) is 0.0283. The van der Waals surface area contributed by atoms with E-state index in [4.69, 9.17) is 14.2 Å². The van der Waals surface area contributed by atoms with Crippen molar-refractivity contribution in [2.24, 2.45) is 0 Å². The van der Waals surface area contributed by atoms with E-state index in [0.717, 1.165) is 64.2 Å². The van der Waals surface area contributed by atoms with Gasteiger partial charge in [0.25, 0.3) is 0 Å². The van der Waals surface area contributed by atoms with Crippen LogP contribution in [-0.4, -0.2) is 80.6 Å². The lowest BCUT2D eigenvalue weighted by atomic mass is 10.0. The maximum absolute atomic E-state index is 12.8. The fourth-order valence-corrected chi connectivity index (χ4v) is 7.07. The molecule has 0 rings (SSSR count). The molecule has 8 heteroatoms. The molecular formula is C50H92NO7+. The lowest BCUT2D eigenvalue weighted by Crippen LogP contribution is -2.50. The third kappa shape index (κ3) is 39.0. The van der Waals surface area contributed by atoms with Crippen LogP contribution < -0.4 is 0 Å². The van der Waals surface area contributed by atoms with Crippen molar-refractivity contribution >= 4 is 17.9 Å². The smallest absolute Gasteiger partial charge is 0.362 e. The Labute approximate surface area is 357 Å². The number of aliphatic carboxylic acids is 1. The molecule has 0 aliphatic carbocycles. The third-order valence-electron chi connectivity index (χ3n) is 10.8. The monoisotopic (exact) mass is 819 g/mol. The molecule has 0 heterocycles. The van der Waals surface area contributed by atoms with Crippen LogP contribution in [0, 0.1) is 0 Å². The summed E-state index contributed by atoms with van der Waals surface area (Å²) in [5, 5.41) is 9.63. The number of unbranched alkanes of at least 4 members (excludes halogenated alkanes) is 23. The molecule has 0 aromatic rings. The van der Waals surface area contributed by atoms with E-state index in [-0.39, 0.29) is 36.2 Å². The molecule has 1 N–H and O–H groups in total. The Hall–Kier alpha value is -2.45. The normalized spacial score (nSPS) is 13.2. The summed E-state index contributed by atoms with van der Waals surface area (Å²) < 4.78 is 17.3. The minimum atomic E-state index is -0.876. The van der Waals surface area contributed by atoms with Crippen molar-refractivity contribution in [3.05, 3.63) is 36.5 Å². The fourth-order valence-electron chi connectivity index (χ4n) is 7.07. The van der Waals surface area contributed by atoms with Gasteiger partial charge in [0.05, 0.1) is 34.4 Å². The van der Waals surface area contributed by atoms with Crippen LogP contribution in [0.1, 0.15) is 213 Å². The minimum Gasteiger partial charge on any atom is -0.477 e. The molecule has 0 aromatic heterocycles. The van der Waals surface area contributed by atoms with Gasteiger partial charge in [-0.15, -0.1) is 0 Å². The fraction of sp³-hybridized carbons (Fsp3) is 0.820. The molecule has 8 nitrogen and oxygen atoms in total. The van der Waals surface area contributed by atoms with Crippen LogP contribution >= 0.6 is 0 Å². The highest BCUT2D eigenvalue weighted by Crippen LogP contribution is 2.15. The Morgan fingerprint density at radius 2 is 0.966 bits per heavy atom. The first-order chi connectivity index (χ1) is 28.1. The van der Waals surface area contributed by atoms with Gasteiger partial charge in [-0.3, -0.25) is 9.59 Å². The molecule has 0 bridgehead atoms. The van der Waals surface area contributed by atoms with Gasteiger partial charge in [0.15, 0.2) is 12.1 Å². The second kappa shape index (κ2) is 41.3. The van der Waals surface area contributed by atoms with Crippen molar-refractivity contribution in [2.75, 3.05) is 41.0 Å². The van der Waals surface area contributed by atoms with Crippen LogP contribution in [0.15, 0.2) is 36.5 Å². The number of allylic oxidation sites excluding steroid dienone is 6. The van der Waals surface area contributed by atoms with Crippen molar-refractivity contribution in [2.45, 2.75) is 225 Å². The third-order valence-corrected chi connectivity index (χ3v) is 10.8. The summed E-state index contributed by atoms with van der Waals surface area (Å²) >= 11 is 0. The predicted octanol–water partition coefficient (Wildman–Crippen LogP) is 13.4. The summed E-state index contributed by atoms with van der Waals surface area (Å²) in [7, 11) is 5.53. The molecule has 0 aromatic carbocycles. The Balaban J connectivity index is 4.24. The van der Waals surface area contributed by atoms with Gasteiger partial charge in [0.1, 0.15) is 6.61 Å². The van der Waals surface area contributed by atoms with E-state index in [1.54, 1.807) is 0 Å². The molecule has 58 heavy (non-hydrogen) atoms. The van der Waals surface area contributed by atoms with Crippen LogP contribution in [0.4, 0.5) is 0 Å². The van der Waals surface area contributed by atoms with Gasteiger partial charge in [0, 0.05) is 19.3 Å². The van der Waals surface area contributed by atoms with Crippen molar-refractivity contribution in [1.29, 1.82) is 0 Å². The lowest BCUT2D eigenvalue weighted by Gasteiger charge is -2.31. The molecule has 0 aliphatic rings. The van der Waals surface area contributed by atoms with E-state index in [9.17, 15) is 19.5 Å². The summed E-state index contributed by atoms with van der Waals surface area (Å²) in [6, 6.07) is -0.615. The maximum atomic E-state index is 12.8. The lowest BCUT2D eigenvalue weighted by molar-refractivity contribution is -0.887. The Bertz CT molecular complexity index is 1050. The van der Waals surface area contributed by atoms with Crippen LogP contribution in [0.3, 0.4) is 0 Å². The highest BCUT2D eigenvalue weighted by Gasteiger charge is 2.31. The summed E-state index contributed by atoms with van der Waals surface area (Å²) in [6.45, 7) is 4.63. The van der Waals surface area contributed by atoms with E-state index < -0.39 is 18.1 Å². The second-order valence-corrected chi connectivity index (χ2v) is 17.3. The molecule has 0 aliphatic heterocycles. The summed E-state index contributed by atoms with van der Waals surface area (Å²) in [6.07, 6.45) is 47.6. The zero-order valence-electron chi connectivity index (χ0n) is 38.5. The SMILES string of the molecule is CC/C=C/C/C=C/CCCCCCCCCCCCCCCCC(=O)OC(COCCC(C(=O)O)[N+](C)(C)C)COC(=O)CCCCC/C=C/CCCCCCCC. The van der Waals surface area contributed by atoms with E-state index >= 15 is 0 Å². The Morgan fingerprint density at radius 3 is 1.45 bits per heavy atom. The zero-order chi connectivity index (χ0) is 42.8. The average molecular weight is 819 g/mol. The molecule has 0 fully saturated rings. The topological polar surface area (TPSA) is 99.1 Å². The van der Waals surface area contributed by atoms with Gasteiger partial charge in [-0.1, -0.05) is 166 Å². The summed E-state index contributed by atoms with van der Waals surface area (Å²) in [5.41, 5.74) is 0. The van der Waals surface area contributed by atoms with E-state index in [1.807, 2.05) is 21.1 Å². The number of carbonyl (C=O) groups excluding carboxylic acids is 2. The molecule has 2 unspecified atom stereocenters. The Kier molecular flexibility index (Phi) is 39.5. The molecule has 0 saturated carbocycles. The molecule has 2 atom stereocenters. The molecular weight excluding hydrogens is 727 g/mol. The van der Waals surface area contributed by atoms with Crippen molar-refractivity contribution < 1.29 is 38.2 Å². The number of ether oxygens (including phenoxy) is 3. The largest absolute Gasteiger partial charge is 0.477 e. The van der Waals surface area contributed by atoms with Crippen LogP contribution in [-0.2, 0) is 28.6 Å². The number of carboxylic acids is 1. The van der Waals surface area contributed by atoms with E-state index in [0.29, 0.717) is 19.3 Å². The summed E-state index contributed by atoms with van der Waals surface area (Å²) in [5.74, 6) is -1.48. The van der Waals surface area contributed by atoms with Crippen molar-refractivity contribution in [3.63, 3.8) is 0 Å². The first-order valence-corrected chi connectivity index (χ1v) is 24.0. The second-order valence-electron chi connectivity index (χ2n) is 17.3. The van der Waals surface area contributed by atoms with Crippen LogP contribution in [0.5, 0.6) is 0 Å². The molecule has 338 valence electrons. The van der Waals surface area contributed by atoms with Crippen molar-refractivity contribution in [3.8, 4) is 0 Å². The number of carboxylic acid groups (broad SMARTS) is 1. The first-order valence-electron chi connectivity index (χ1n) is 24.0. The number of nitrogens with zero attached hydrogens (tertiary/aromatic N) is 1. The average Bonchev–Trinajstić information content (AvgIpc) is 3.18. The summed E-state index contributed by atoms with van der Waals surface area (Å²) in [4.78, 5) is 37.0. The predicted molar refractivity (Wildman–Crippen MR) is 243 cm³/mol. The number of likely N-dealkylation sites (N-methyl/N-ethyl adjacent to an activating group) is 1. The van der Waals surface area contributed by atoms with E-state index in [2.05, 4.69) is 50.3 Å². The number of esters is 2. The van der Waals surface area contributed by atoms with Crippen LogP contribution in [0.25, 0.3) is 0 Å². The number of rotatable bonds is 43. The van der Waals surface area contributed by atoms with Crippen molar-refractivity contribution in [1.82, 2.24) is 0 Å². The molecule has 0 saturated heterocycles. The number of carbonyl (C=O) groups is 3. The number of hydrogen-bond donors (Lipinski definition) is 1. The molecule has 0 radical (unpaired) electrons. The van der Waals surface area contributed by atoms with Gasteiger partial charge in [0.2, 0.25) is 0 Å². The molecule has 0 spiro atoms. The first kappa shape index (κ1) is 55.5. The maximum Gasteiger partial charge on any atom is 0.362 e. The number of hydrogen-bond acceptors (Lipinski definition) is 6. The minimum absolute atomic E-state index is 0.0567.